The number of hydrogen-bond donors (Lipinski definition) is 1. The number of pyridine rings is 1. The second-order valence-corrected chi connectivity index (χ2v) is 5.27. The largest absolute Gasteiger partial charge is 0.358 e. The highest BCUT2D eigenvalue weighted by atomic mass is 35.7. The van der Waals surface area contributed by atoms with E-state index in [1.807, 2.05) is 0 Å². The van der Waals surface area contributed by atoms with E-state index in [1.54, 1.807) is 0 Å². The van der Waals surface area contributed by atoms with Crippen LogP contribution in [0.15, 0.2) is 15.8 Å². The van der Waals surface area contributed by atoms with E-state index in [0.29, 0.717) is 0 Å². The van der Waals surface area contributed by atoms with Gasteiger partial charge in [-0.2, -0.15) is 0 Å². The van der Waals surface area contributed by atoms with Crippen molar-refractivity contribution in [2.75, 3.05) is 0 Å². The molecule has 0 aliphatic rings. The van der Waals surface area contributed by atoms with Gasteiger partial charge in [0.05, 0.1) is 5.56 Å². The van der Waals surface area contributed by atoms with Gasteiger partial charge in [-0.15, -0.1) is 0 Å². The molecule has 0 saturated heterocycles. The second kappa shape index (κ2) is 4.37. The van der Waals surface area contributed by atoms with E-state index >= 15 is 0 Å². The maximum absolute atomic E-state index is 12.5. The van der Waals surface area contributed by atoms with Gasteiger partial charge < -0.3 is 10.1 Å². The minimum Gasteiger partial charge on any atom is -0.358 e. The standard InChI is InChI=1S/C6H3ClF2N2O5S/c7-17(15,16)4-2(5(8)9)1-3(11(13)14)10-6(4)12/h1,5H,(H,10,12). The highest BCUT2D eigenvalue weighted by Crippen LogP contribution is 2.27. The third-order valence-electron chi connectivity index (χ3n) is 1.68. The summed E-state index contributed by atoms with van der Waals surface area (Å²) in [5.41, 5.74) is -2.88. The Balaban J connectivity index is 3.74. The monoisotopic (exact) mass is 288 g/mol. The molecular formula is C6H3ClF2N2O5S. The number of alkyl halides is 2. The molecule has 7 nitrogen and oxygen atoms in total. The van der Waals surface area contributed by atoms with Crippen LogP contribution in [0.1, 0.15) is 12.0 Å². The molecule has 0 atom stereocenters. The van der Waals surface area contributed by atoms with Crippen LogP contribution in [-0.2, 0) is 9.05 Å². The van der Waals surface area contributed by atoms with Crippen molar-refractivity contribution < 1.29 is 22.1 Å². The molecule has 1 heterocycles. The lowest BCUT2D eigenvalue weighted by Gasteiger charge is -2.03. The molecule has 0 amide bonds. The molecule has 1 N–H and O–H groups in total. The molecule has 0 unspecified atom stereocenters. The van der Waals surface area contributed by atoms with Crippen molar-refractivity contribution in [1.29, 1.82) is 0 Å². The molecule has 0 saturated carbocycles. The molecule has 0 aliphatic carbocycles. The summed E-state index contributed by atoms with van der Waals surface area (Å²) in [7, 11) is 0.0683. The zero-order chi connectivity index (χ0) is 13.4. The Morgan fingerprint density at radius 2 is 2.00 bits per heavy atom. The van der Waals surface area contributed by atoms with Gasteiger partial charge in [0.15, 0.2) is 4.90 Å². The molecule has 0 bridgehead atoms. The van der Waals surface area contributed by atoms with E-state index < -0.39 is 42.2 Å². The van der Waals surface area contributed by atoms with Gasteiger partial charge in [-0.25, -0.2) is 27.0 Å². The van der Waals surface area contributed by atoms with Crippen molar-refractivity contribution in [3.05, 3.63) is 32.1 Å². The van der Waals surface area contributed by atoms with E-state index in [1.165, 1.54) is 4.98 Å². The van der Waals surface area contributed by atoms with E-state index in [-0.39, 0.29) is 6.07 Å². The summed E-state index contributed by atoms with van der Waals surface area (Å²) in [4.78, 5) is 20.5. The first-order chi connectivity index (χ1) is 7.64. The number of hydrogen-bond acceptors (Lipinski definition) is 5. The Hall–Kier alpha value is -1.55. The molecule has 0 radical (unpaired) electrons. The molecule has 0 aliphatic heterocycles. The van der Waals surface area contributed by atoms with E-state index in [9.17, 15) is 32.1 Å². The molecule has 17 heavy (non-hydrogen) atoms. The first-order valence-electron chi connectivity index (χ1n) is 3.79. The zero-order valence-corrected chi connectivity index (χ0v) is 9.26. The summed E-state index contributed by atoms with van der Waals surface area (Å²) in [5.74, 6) is -1.05. The maximum atomic E-state index is 12.5. The first kappa shape index (κ1) is 13.5. The minimum absolute atomic E-state index is 0.251. The van der Waals surface area contributed by atoms with Crippen LogP contribution in [-0.4, -0.2) is 18.3 Å². The second-order valence-electron chi connectivity index (χ2n) is 2.76. The Kier molecular flexibility index (Phi) is 3.48. The minimum atomic E-state index is -4.73. The third kappa shape index (κ3) is 2.77. The van der Waals surface area contributed by atoms with Gasteiger partial charge in [-0.05, 0) is 4.92 Å². The quantitative estimate of drug-likeness (QED) is 0.509. The van der Waals surface area contributed by atoms with Crippen LogP contribution in [0.5, 0.6) is 0 Å². The van der Waals surface area contributed by atoms with Gasteiger partial charge >= 0.3 is 11.4 Å². The van der Waals surface area contributed by atoms with Crippen LogP contribution in [0.2, 0.25) is 0 Å². The topological polar surface area (TPSA) is 110 Å². The van der Waals surface area contributed by atoms with Gasteiger partial charge in [0, 0.05) is 16.7 Å². The molecular weight excluding hydrogens is 286 g/mol. The van der Waals surface area contributed by atoms with Crippen LogP contribution in [0.4, 0.5) is 14.6 Å². The number of rotatable bonds is 3. The number of nitrogens with zero attached hydrogens (tertiary/aromatic N) is 1. The predicted octanol–water partition coefficient (Wildman–Crippen LogP) is 1.15. The molecule has 1 aromatic rings. The van der Waals surface area contributed by atoms with Crippen molar-refractivity contribution in [3.63, 3.8) is 0 Å². The normalized spacial score (nSPS) is 11.8. The lowest BCUT2D eigenvalue weighted by molar-refractivity contribution is -0.389. The molecule has 11 heteroatoms. The smallest absolute Gasteiger partial charge is 0.352 e. The SMILES string of the molecule is O=c1[nH]c([N+](=O)[O-])cc(C(F)F)c1S(=O)(=O)Cl. The summed E-state index contributed by atoms with van der Waals surface area (Å²) < 4.78 is 46.8. The van der Waals surface area contributed by atoms with Gasteiger partial charge in [-0.3, -0.25) is 0 Å². The van der Waals surface area contributed by atoms with E-state index in [0.717, 1.165) is 0 Å². The number of aromatic amines is 1. The fraction of sp³-hybridized carbons (Fsp3) is 0.167. The Morgan fingerprint density at radius 3 is 2.35 bits per heavy atom. The van der Waals surface area contributed by atoms with Gasteiger partial charge in [-0.1, -0.05) is 0 Å². The summed E-state index contributed by atoms with van der Waals surface area (Å²) >= 11 is 0. The fourth-order valence-electron chi connectivity index (χ4n) is 1.07. The molecule has 1 rings (SSSR count). The van der Waals surface area contributed by atoms with Crippen molar-refractivity contribution in [2.24, 2.45) is 0 Å². The third-order valence-corrected chi connectivity index (χ3v) is 3.05. The van der Waals surface area contributed by atoms with Crippen LogP contribution < -0.4 is 5.56 Å². The number of H-pyrrole nitrogens is 1. The Bertz CT molecular complexity index is 626. The number of nitrogens with one attached hydrogen (secondary N) is 1. The average molecular weight is 289 g/mol. The lowest BCUT2D eigenvalue weighted by Crippen LogP contribution is -2.19. The Morgan fingerprint density at radius 1 is 1.47 bits per heavy atom. The average Bonchev–Trinajstić information content (AvgIpc) is 2.13. The van der Waals surface area contributed by atoms with E-state index in [4.69, 9.17) is 10.7 Å². The van der Waals surface area contributed by atoms with Gasteiger partial charge in [0.2, 0.25) is 0 Å². The number of nitro groups is 1. The van der Waals surface area contributed by atoms with Crippen molar-refractivity contribution in [2.45, 2.75) is 11.3 Å². The van der Waals surface area contributed by atoms with E-state index in [2.05, 4.69) is 0 Å². The molecule has 0 fully saturated rings. The summed E-state index contributed by atoms with van der Waals surface area (Å²) in [6.45, 7) is 0. The van der Waals surface area contributed by atoms with Gasteiger partial charge in [0.1, 0.15) is 0 Å². The number of aromatic nitrogens is 1. The van der Waals surface area contributed by atoms with Crippen LogP contribution in [0.3, 0.4) is 0 Å². The van der Waals surface area contributed by atoms with Crippen molar-refractivity contribution >= 4 is 25.6 Å². The molecule has 0 spiro atoms. The van der Waals surface area contributed by atoms with Crippen molar-refractivity contribution in [3.8, 4) is 0 Å². The number of halogens is 3. The first-order valence-corrected chi connectivity index (χ1v) is 6.10. The fourth-order valence-corrected chi connectivity index (χ4v) is 2.24. The Labute approximate surface area is 96.6 Å². The highest BCUT2D eigenvalue weighted by Gasteiger charge is 2.29. The van der Waals surface area contributed by atoms with Gasteiger partial charge in [0.25, 0.3) is 15.5 Å². The predicted molar refractivity (Wildman–Crippen MR) is 51.7 cm³/mol. The van der Waals surface area contributed by atoms with Crippen LogP contribution in [0, 0.1) is 10.1 Å². The lowest BCUT2D eigenvalue weighted by atomic mass is 10.2. The summed E-state index contributed by atoms with van der Waals surface area (Å²) in [6.07, 6.45) is -3.39. The molecule has 94 valence electrons. The summed E-state index contributed by atoms with van der Waals surface area (Å²) in [5, 5.41) is 10.3. The molecule has 1 aromatic heterocycles. The van der Waals surface area contributed by atoms with Crippen LogP contribution >= 0.6 is 10.7 Å². The zero-order valence-electron chi connectivity index (χ0n) is 7.69. The van der Waals surface area contributed by atoms with Crippen molar-refractivity contribution in [1.82, 2.24) is 4.98 Å². The maximum Gasteiger partial charge on any atom is 0.352 e. The van der Waals surface area contributed by atoms with Crippen LogP contribution in [0.25, 0.3) is 0 Å². The summed E-state index contributed by atoms with van der Waals surface area (Å²) in [6, 6.07) is 0.251. The highest BCUT2D eigenvalue weighted by molar-refractivity contribution is 8.13. The molecule has 0 aromatic carbocycles.